The van der Waals surface area contributed by atoms with E-state index in [0.717, 1.165) is 9.35 Å². The minimum atomic E-state index is -3.55. The molecule has 2 N–H and O–H groups in total. The Bertz CT molecular complexity index is 650. The highest BCUT2D eigenvalue weighted by molar-refractivity contribution is 9.10. The summed E-state index contributed by atoms with van der Waals surface area (Å²) >= 11 is 4.46. The molecule has 1 heterocycles. The number of hydrogen-bond acceptors (Lipinski definition) is 4. The number of aliphatic hydroxyl groups is 1. The Morgan fingerprint density at radius 1 is 1.16 bits per heavy atom. The summed E-state index contributed by atoms with van der Waals surface area (Å²) in [4.78, 5) is 0.846. The van der Waals surface area contributed by atoms with Gasteiger partial charge in [0.05, 0.1) is 0 Å². The maximum absolute atomic E-state index is 12.1. The van der Waals surface area contributed by atoms with E-state index in [9.17, 15) is 8.42 Å². The molecule has 0 saturated heterocycles. The zero-order valence-electron chi connectivity index (χ0n) is 9.84. The average Bonchev–Trinajstić information content (AvgIpc) is 2.82. The van der Waals surface area contributed by atoms with Crippen LogP contribution in [0.3, 0.4) is 0 Å². The fraction of sp³-hybridized carbons (Fsp3) is 0.167. The molecule has 0 amide bonds. The van der Waals surface area contributed by atoms with Crippen molar-refractivity contribution in [1.29, 1.82) is 0 Å². The van der Waals surface area contributed by atoms with Crippen molar-refractivity contribution in [3.8, 4) is 0 Å². The first-order valence-corrected chi connectivity index (χ1v) is 8.58. The fourth-order valence-corrected chi connectivity index (χ4v) is 4.14. The number of benzene rings is 1. The van der Waals surface area contributed by atoms with E-state index in [-0.39, 0.29) is 10.8 Å². The van der Waals surface area contributed by atoms with Gasteiger partial charge in [-0.25, -0.2) is 8.42 Å². The maximum atomic E-state index is 12.1. The normalized spacial score (nSPS) is 11.5. The molecule has 19 heavy (non-hydrogen) atoms. The number of anilines is 1. The molecular weight excluding hydrogens is 350 g/mol. The first-order chi connectivity index (χ1) is 9.01. The molecule has 2 rings (SSSR count). The Morgan fingerprint density at radius 3 is 2.47 bits per heavy atom. The van der Waals surface area contributed by atoms with Crippen LogP contribution in [-0.4, -0.2) is 20.1 Å². The highest BCUT2D eigenvalue weighted by Gasteiger charge is 2.16. The van der Waals surface area contributed by atoms with E-state index >= 15 is 0 Å². The molecule has 2 aromatic rings. The predicted octanol–water partition coefficient (Wildman–Crippen LogP) is 2.85. The van der Waals surface area contributed by atoms with Gasteiger partial charge in [0.1, 0.15) is 4.21 Å². The first-order valence-electron chi connectivity index (χ1n) is 5.49. The minimum absolute atomic E-state index is 0.0140. The largest absolute Gasteiger partial charge is 0.396 e. The molecule has 0 fully saturated rings. The van der Waals surface area contributed by atoms with Crippen LogP contribution in [0.25, 0.3) is 0 Å². The van der Waals surface area contributed by atoms with Crippen molar-refractivity contribution in [2.24, 2.45) is 0 Å². The summed E-state index contributed by atoms with van der Waals surface area (Å²) in [6, 6.07) is 10.2. The Morgan fingerprint density at radius 2 is 1.84 bits per heavy atom. The van der Waals surface area contributed by atoms with Crippen LogP contribution in [0.5, 0.6) is 0 Å². The number of sulfonamides is 1. The van der Waals surface area contributed by atoms with Crippen LogP contribution < -0.4 is 4.72 Å². The number of halogens is 1. The molecule has 0 aliphatic rings. The third-order valence-electron chi connectivity index (χ3n) is 2.36. The summed E-state index contributed by atoms with van der Waals surface area (Å²) in [6.45, 7) is 0.0140. The van der Waals surface area contributed by atoms with Crippen molar-refractivity contribution in [1.82, 2.24) is 0 Å². The summed E-state index contributed by atoms with van der Waals surface area (Å²) in [5.41, 5.74) is 0.514. The van der Waals surface area contributed by atoms with Crippen LogP contribution in [0.1, 0.15) is 4.88 Å². The molecule has 0 atom stereocenters. The Kier molecular flexibility index (Phi) is 4.62. The summed E-state index contributed by atoms with van der Waals surface area (Å²) in [6.07, 6.45) is 0.471. The summed E-state index contributed by atoms with van der Waals surface area (Å²) in [5.74, 6) is 0. The average molecular weight is 362 g/mol. The van der Waals surface area contributed by atoms with E-state index in [2.05, 4.69) is 20.7 Å². The Labute approximate surface area is 124 Å². The quantitative estimate of drug-likeness (QED) is 0.860. The highest BCUT2D eigenvalue weighted by atomic mass is 79.9. The van der Waals surface area contributed by atoms with Gasteiger partial charge in [0.2, 0.25) is 0 Å². The second kappa shape index (κ2) is 6.04. The van der Waals surface area contributed by atoms with Crippen molar-refractivity contribution in [2.75, 3.05) is 11.3 Å². The lowest BCUT2D eigenvalue weighted by Crippen LogP contribution is -2.11. The van der Waals surface area contributed by atoms with E-state index < -0.39 is 10.0 Å². The summed E-state index contributed by atoms with van der Waals surface area (Å²) < 4.78 is 27.9. The molecule has 0 radical (unpaired) electrons. The summed E-state index contributed by atoms with van der Waals surface area (Å²) in [5, 5.41) is 8.83. The fourth-order valence-electron chi connectivity index (χ4n) is 1.47. The molecule has 0 aliphatic carbocycles. The first kappa shape index (κ1) is 14.5. The minimum Gasteiger partial charge on any atom is -0.396 e. The highest BCUT2D eigenvalue weighted by Crippen LogP contribution is 2.24. The third-order valence-corrected chi connectivity index (χ3v) is 5.90. The van der Waals surface area contributed by atoms with Crippen LogP contribution in [0.4, 0.5) is 5.69 Å². The lowest BCUT2D eigenvalue weighted by atomic mass is 10.3. The van der Waals surface area contributed by atoms with Crippen molar-refractivity contribution >= 4 is 43.0 Å². The lowest BCUT2D eigenvalue weighted by Gasteiger charge is -2.05. The number of aliphatic hydroxyl groups excluding tert-OH is 1. The molecule has 0 spiro atoms. The molecule has 1 aromatic carbocycles. The van der Waals surface area contributed by atoms with Gasteiger partial charge < -0.3 is 5.11 Å². The van der Waals surface area contributed by atoms with Crippen molar-refractivity contribution in [2.45, 2.75) is 10.6 Å². The van der Waals surface area contributed by atoms with Gasteiger partial charge in [-0.2, -0.15) is 0 Å². The van der Waals surface area contributed by atoms with E-state index in [1.165, 1.54) is 11.3 Å². The van der Waals surface area contributed by atoms with E-state index in [4.69, 9.17) is 5.11 Å². The number of rotatable bonds is 5. The second-order valence-corrected chi connectivity index (χ2v) is 7.80. The van der Waals surface area contributed by atoms with Crippen LogP contribution >= 0.6 is 27.3 Å². The zero-order chi connectivity index (χ0) is 13.9. The molecule has 0 bridgehead atoms. The standard InChI is InChI=1S/C12H12BrNO3S2/c13-9-1-3-10(4-2-9)14-19(16,17)12-6-5-11(18-12)7-8-15/h1-6,14-15H,7-8H2. The monoisotopic (exact) mass is 361 g/mol. The van der Waals surface area contributed by atoms with Crippen molar-refractivity contribution in [3.05, 3.63) is 45.7 Å². The number of nitrogens with one attached hydrogen (secondary N) is 1. The Balaban J connectivity index is 2.19. The van der Waals surface area contributed by atoms with E-state index in [1.54, 1.807) is 36.4 Å². The van der Waals surface area contributed by atoms with Gasteiger partial charge in [-0.1, -0.05) is 15.9 Å². The summed E-state index contributed by atoms with van der Waals surface area (Å²) in [7, 11) is -3.55. The van der Waals surface area contributed by atoms with Crippen molar-refractivity contribution in [3.63, 3.8) is 0 Å². The molecule has 0 aliphatic heterocycles. The van der Waals surface area contributed by atoms with Gasteiger partial charge in [-0.05, 0) is 36.4 Å². The maximum Gasteiger partial charge on any atom is 0.271 e. The smallest absolute Gasteiger partial charge is 0.271 e. The number of thiophene rings is 1. The van der Waals surface area contributed by atoms with Gasteiger partial charge >= 0.3 is 0 Å². The molecule has 0 unspecified atom stereocenters. The van der Waals surface area contributed by atoms with Crippen LogP contribution in [0.15, 0.2) is 45.1 Å². The number of hydrogen-bond donors (Lipinski definition) is 2. The molecule has 1 aromatic heterocycles. The van der Waals surface area contributed by atoms with Gasteiger partial charge in [-0.3, -0.25) is 4.72 Å². The predicted molar refractivity (Wildman–Crippen MR) is 80.1 cm³/mol. The lowest BCUT2D eigenvalue weighted by molar-refractivity contribution is 0.300. The van der Waals surface area contributed by atoms with Gasteiger partial charge in [0.25, 0.3) is 10.0 Å². The topological polar surface area (TPSA) is 66.4 Å². The Hall–Kier alpha value is -0.890. The van der Waals surface area contributed by atoms with E-state index in [0.29, 0.717) is 12.1 Å². The second-order valence-electron chi connectivity index (χ2n) is 3.81. The van der Waals surface area contributed by atoms with Gasteiger partial charge in [-0.15, -0.1) is 11.3 Å². The molecule has 4 nitrogen and oxygen atoms in total. The van der Waals surface area contributed by atoms with Gasteiger partial charge in [0.15, 0.2) is 0 Å². The molecule has 102 valence electrons. The van der Waals surface area contributed by atoms with Crippen molar-refractivity contribution < 1.29 is 13.5 Å². The SMILES string of the molecule is O=S(=O)(Nc1ccc(Br)cc1)c1ccc(CCO)s1. The van der Waals surface area contributed by atoms with Gasteiger partial charge in [0, 0.05) is 28.1 Å². The van der Waals surface area contributed by atoms with Crippen LogP contribution in [-0.2, 0) is 16.4 Å². The third kappa shape index (κ3) is 3.79. The molecular formula is C12H12BrNO3S2. The molecule has 7 heteroatoms. The van der Waals surface area contributed by atoms with Crippen LogP contribution in [0.2, 0.25) is 0 Å². The van der Waals surface area contributed by atoms with E-state index in [1.807, 2.05) is 0 Å². The zero-order valence-corrected chi connectivity index (χ0v) is 13.1. The molecule has 0 saturated carbocycles. The van der Waals surface area contributed by atoms with Crippen LogP contribution in [0, 0.1) is 0 Å².